The van der Waals surface area contributed by atoms with Crippen LogP contribution in [-0.4, -0.2) is 35.1 Å². The van der Waals surface area contributed by atoms with Gasteiger partial charge in [-0.15, -0.1) is 0 Å². The predicted molar refractivity (Wildman–Crippen MR) is 104 cm³/mol. The van der Waals surface area contributed by atoms with Gasteiger partial charge in [-0.3, -0.25) is 9.69 Å². The van der Waals surface area contributed by atoms with Gasteiger partial charge in [-0.2, -0.15) is 13.2 Å². The van der Waals surface area contributed by atoms with Crippen LogP contribution in [0.15, 0.2) is 46.9 Å². The zero-order valence-electron chi connectivity index (χ0n) is 15.5. The lowest BCUT2D eigenvalue weighted by molar-refractivity contribution is -0.140. The van der Waals surface area contributed by atoms with Crippen LogP contribution in [0.5, 0.6) is 0 Å². The van der Waals surface area contributed by atoms with E-state index in [0.717, 1.165) is 4.47 Å². The average molecular weight is 489 g/mol. The van der Waals surface area contributed by atoms with E-state index in [-0.39, 0.29) is 31.6 Å². The van der Waals surface area contributed by atoms with E-state index >= 15 is 0 Å². The van der Waals surface area contributed by atoms with Crippen molar-refractivity contribution < 1.29 is 32.3 Å². The molecule has 0 bridgehead atoms. The number of halogens is 5. The third-order valence-corrected chi connectivity index (χ3v) is 5.26. The Morgan fingerprint density at radius 3 is 2.40 bits per heavy atom. The predicted octanol–water partition coefficient (Wildman–Crippen LogP) is 5.14. The number of alkyl halides is 3. The summed E-state index contributed by atoms with van der Waals surface area (Å²) < 4.78 is 53.4. The number of carboxylic acids is 1. The summed E-state index contributed by atoms with van der Waals surface area (Å²) in [6.45, 7) is 0.0305. The molecule has 1 saturated heterocycles. The van der Waals surface area contributed by atoms with Gasteiger partial charge in [0.15, 0.2) is 0 Å². The van der Waals surface area contributed by atoms with Crippen LogP contribution in [0.3, 0.4) is 0 Å². The number of carbonyl (C=O) groups is 2. The van der Waals surface area contributed by atoms with E-state index in [1.165, 1.54) is 15.9 Å². The number of hydrogen-bond acceptors (Lipinski definition) is 2. The summed E-state index contributed by atoms with van der Waals surface area (Å²) in [6, 6.07) is 8.93. The second kappa shape index (κ2) is 8.63. The van der Waals surface area contributed by atoms with Gasteiger partial charge in [-0.1, -0.05) is 22.0 Å². The van der Waals surface area contributed by atoms with Gasteiger partial charge in [0, 0.05) is 35.7 Å². The molecule has 1 N–H and O–H groups in total. The van der Waals surface area contributed by atoms with E-state index < -0.39 is 35.5 Å². The van der Waals surface area contributed by atoms with Crippen molar-refractivity contribution in [1.29, 1.82) is 0 Å². The molecule has 3 rings (SSSR count). The van der Waals surface area contributed by atoms with Crippen LogP contribution >= 0.6 is 15.9 Å². The maximum Gasteiger partial charge on any atom is 0.419 e. The molecule has 1 aliphatic rings. The fourth-order valence-corrected chi connectivity index (χ4v) is 3.67. The summed E-state index contributed by atoms with van der Waals surface area (Å²) in [5.41, 5.74) is -0.765. The Bertz CT molecular complexity index is 950. The van der Waals surface area contributed by atoms with Crippen LogP contribution in [0.25, 0.3) is 0 Å². The minimum atomic E-state index is -4.86. The van der Waals surface area contributed by atoms with Crippen molar-refractivity contribution in [3.63, 3.8) is 0 Å². The first-order chi connectivity index (χ1) is 14.0. The SMILES string of the molecule is O=C(O)CC1CN(Cc2ccc(F)c(C(F)(F)F)c2)C(=O)N(c2ccc(Br)cc2)C1. The summed E-state index contributed by atoms with van der Waals surface area (Å²) in [4.78, 5) is 26.9. The molecule has 30 heavy (non-hydrogen) atoms. The van der Waals surface area contributed by atoms with Crippen molar-refractivity contribution in [3.8, 4) is 0 Å². The number of amides is 2. The van der Waals surface area contributed by atoms with Crippen molar-refractivity contribution in [2.24, 2.45) is 5.92 Å². The molecular weight excluding hydrogens is 472 g/mol. The second-order valence-corrected chi connectivity index (χ2v) is 7.94. The Kier molecular flexibility index (Phi) is 6.35. The van der Waals surface area contributed by atoms with Crippen LogP contribution in [0, 0.1) is 11.7 Å². The van der Waals surface area contributed by atoms with E-state index in [1.807, 2.05) is 0 Å². The zero-order valence-corrected chi connectivity index (χ0v) is 17.1. The highest BCUT2D eigenvalue weighted by molar-refractivity contribution is 9.10. The van der Waals surface area contributed by atoms with Crippen molar-refractivity contribution in [1.82, 2.24) is 4.90 Å². The minimum absolute atomic E-state index is 0.0664. The van der Waals surface area contributed by atoms with Gasteiger partial charge in [0.1, 0.15) is 5.82 Å². The molecule has 1 fully saturated rings. The summed E-state index contributed by atoms with van der Waals surface area (Å²) in [7, 11) is 0. The Labute approximate surface area is 178 Å². The normalized spacial score (nSPS) is 17.4. The lowest BCUT2D eigenvalue weighted by Crippen LogP contribution is -2.53. The largest absolute Gasteiger partial charge is 0.481 e. The van der Waals surface area contributed by atoms with Crippen LogP contribution in [0.2, 0.25) is 0 Å². The number of rotatable bonds is 5. The number of hydrogen-bond donors (Lipinski definition) is 1. The van der Waals surface area contributed by atoms with Crippen molar-refractivity contribution in [2.45, 2.75) is 19.1 Å². The molecule has 10 heteroatoms. The van der Waals surface area contributed by atoms with Gasteiger partial charge in [0.25, 0.3) is 0 Å². The highest BCUT2D eigenvalue weighted by Crippen LogP contribution is 2.33. The molecule has 0 spiro atoms. The summed E-state index contributed by atoms with van der Waals surface area (Å²) in [5, 5.41) is 9.16. The summed E-state index contributed by atoms with van der Waals surface area (Å²) >= 11 is 3.30. The number of carbonyl (C=O) groups excluding carboxylic acids is 1. The van der Waals surface area contributed by atoms with Crippen LogP contribution in [-0.2, 0) is 17.5 Å². The van der Waals surface area contributed by atoms with Crippen molar-refractivity contribution >= 4 is 33.6 Å². The number of aliphatic carboxylic acids is 1. The topological polar surface area (TPSA) is 60.9 Å². The van der Waals surface area contributed by atoms with E-state index in [2.05, 4.69) is 15.9 Å². The van der Waals surface area contributed by atoms with Crippen LogP contribution in [0.4, 0.5) is 28.0 Å². The second-order valence-electron chi connectivity index (χ2n) is 7.03. The van der Waals surface area contributed by atoms with Crippen LogP contribution in [0.1, 0.15) is 17.5 Å². The summed E-state index contributed by atoms with van der Waals surface area (Å²) in [5.74, 6) is -2.85. The molecule has 0 aliphatic carbocycles. The van der Waals surface area contributed by atoms with E-state index in [4.69, 9.17) is 5.11 Å². The fourth-order valence-electron chi connectivity index (χ4n) is 3.41. The fraction of sp³-hybridized carbons (Fsp3) is 0.300. The standard InChI is InChI=1S/C20H17BrF4N2O3/c21-14-2-4-15(5-3-14)27-11-13(8-18(28)29)10-26(19(27)30)9-12-1-6-17(22)16(7-12)20(23,24)25/h1-7,13H,8-11H2,(H,28,29). The molecular formula is C20H17BrF4N2O3. The molecule has 5 nitrogen and oxygen atoms in total. The van der Waals surface area contributed by atoms with Crippen LogP contribution < -0.4 is 4.90 Å². The molecule has 2 amide bonds. The smallest absolute Gasteiger partial charge is 0.419 e. The quantitative estimate of drug-likeness (QED) is 0.592. The van der Waals surface area contributed by atoms with Gasteiger partial charge in [-0.05, 0) is 42.0 Å². The lowest BCUT2D eigenvalue weighted by atomic mass is 10.0. The Morgan fingerprint density at radius 2 is 1.80 bits per heavy atom. The van der Waals surface area contributed by atoms with E-state index in [1.54, 1.807) is 24.3 Å². The molecule has 0 saturated carbocycles. The molecule has 1 atom stereocenters. The van der Waals surface area contributed by atoms with Gasteiger partial charge in [0.2, 0.25) is 0 Å². The molecule has 2 aromatic rings. The van der Waals surface area contributed by atoms with Crippen molar-refractivity contribution in [3.05, 3.63) is 63.9 Å². The maximum atomic E-state index is 13.6. The number of urea groups is 1. The third-order valence-electron chi connectivity index (χ3n) is 4.73. The highest BCUT2D eigenvalue weighted by Gasteiger charge is 2.36. The van der Waals surface area contributed by atoms with Gasteiger partial charge >= 0.3 is 18.2 Å². The molecule has 160 valence electrons. The molecule has 0 aromatic heterocycles. The molecule has 1 unspecified atom stereocenters. The number of nitrogens with zero attached hydrogens (tertiary/aromatic N) is 2. The summed E-state index contributed by atoms with van der Waals surface area (Å²) in [6.07, 6.45) is -5.06. The average Bonchev–Trinajstić information content (AvgIpc) is 2.65. The van der Waals surface area contributed by atoms with E-state index in [9.17, 15) is 27.2 Å². The number of carboxylic acid groups (broad SMARTS) is 1. The number of anilines is 1. The Balaban J connectivity index is 1.89. The number of benzene rings is 2. The van der Waals surface area contributed by atoms with Gasteiger partial charge in [0.05, 0.1) is 12.0 Å². The first-order valence-electron chi connectivity index (χ1n) is 8.94. The minimum Gasteiger partial charge on any atom is -0.481 e. The molecule has 0 radical (unpaired) electrons. The highest BCUT2D eigenvalue weighted by atomic mass is 79.9. The van der Waals surface area contributed by atoms with Gasteiger partial charge in [-0.25, -0.2) is 9.18 Å². The molecule has 1 aliphatic heterocycles. The molecule has 1 heterocycles. The Morgan fingerprint density at radius 1 is 1.13 bits per heavy atom. The zero-order chi connectivity index (χ0) is 22.1. The lowest BCUT2D eigenvalue weighted by Gasteiger charge is -2.40. The first-order valence-corrected chi connectivity index (χ1v) is 9.73. The Hall–Kier alpha value is -2.62. The third kappa shape index (κ3) is 5.10. The van der Waals surface area contributed by atoms with Gasteiger partial charge < -0.3 is 10.0 Å². The van der Waals surface area contributed by atoms with E-state index in [0.29, 0.717) is 17.8 Å². The maximum absolute atomic E-state index is 13.6. The first kappa shape index (κ1) is 22.1. The molecule has 2 aromatic carbocycles. The monoisotopic (exact) mass is 488 g/mol. The van der Waals surface area contributed by atoms with Crippen molar-refractivity contribution in [2.75, 3.05) is 18.0 Å².